The fourth-order valence-electron chi connectivity index (χ4n) is 3.28. The second-order valence-corrected chi connectivity index (χ2v) is 6.79. The minimum absolute atomic E-state index is 0.0103. The molecule has 0 nitrogen and oxygen atoms in total. The van der Waals surface area contributed by atoms with Crippen LogP contribution < -0.4 is 0 Å². The van der Waals surface area contributed by atoms with Gasteiger partial charge in [-0.3, -0.25) is 0 Å². The van der Waals surface area contributed by atoms with Crippen molar-refractivity contribution in [2.45, 2.75) is 13.8 Å². The molecule has 0 amide bonds. The lowest BCUT2D eigenvalue weighted by Gasteiger charge is -2.10. The Kier molecular flexibility index (Phi) is 4.23. The maximum Gasteiger partial charge on any atom is 0.136 e. The highest BCUT2D eigenvalue weighted by Crippen LogP contribution is 2.32. The SMILES string of the molecule is Cc1ccc(-c2ccc(-c3ccc4c(F)c(C)c(F)cc4c3)c(F)c2)cc1. The predicted molar refractivity (Wildman–Crippen MR) is 104 cm³/mol. The molecule has 0 heterocycles. The predicted octanol–water partition coefficient (Wildman–Crippen LogP) is 7.21. The Labute approximate surface area is 155 Å². The Hall–Kier alpha value is -3.07. The van der Waals surface area contributed by atoms with Gasteiger partial charge in [0.1, 0.15) is 17.5 Å². The fourth-order valence-corrected chi connectivity index (χ4v) is 3.28. The number of hydrogen-bond acceptors (Lipinski definition) is 0. The molecule has 27 heavy (non-hydrogen) atoms. The summed E-state index contributed by atoms with van der Waals surface area (Å²) < 4.78 is 42.9. The van der Waals surface area contributed by atoms with Crippen molar-refractivity contribution in [1.82, 2.24) is 0 Å². The van der Waals surface area contributed by atoms with Crippen LogP contribution in [0.15, 0.2) is 66.7 Å². The third-order valence-corrected chi connectivity index (χ3v) is 4.92. The van der Waals surface area contributed by atoms with Gasteiger partial charge in [-0.1, -0.05) is 54.1 Å². The van der Waals surface area contributed by atoms with Gasteiger partial charge in [0, 0.05) is 16.5 Å². The average Bonchev–Trinajstić information content (AvgIpc) is 2.66. The average molecular weight is 362 g/mol. The summed E-state index contributed by atoms with van der Waals surface area (Å²) >= 11 is 0. The van der Waals surface area contributed by atoms with E-state index in [0.717, 1.165) is 16.7 Å². The van der Waals surface area contributed by atoms with E-state index >= 15 is 0 Å². The van der Waals surface area contributed by atoms with E-state index in [1.165, 1.54) is 19.1 Å². The van der Waals surface area contributed by atoms with E-state index < -0.39 is 11.6 Å². The summed E-state index contributed by atoms with van der Waals surface area (Å²) in [6.45, 7) is 3.40. The quantitative estimate of drug-likeness (QED) is 0.353. The molecule has 0 aromatic heterocycles. The van der Waals surface area contributed by atoms with Crippen LogP contribution in [0.1, 0.15) is 11.1 Å². The van der Waals surface area contributed by atoms with Gasteiger partial charge in [0.05, 0.1) is 0 Å². The van der Waals surface area contributed by atoms with Gasteiger partial charge in [-0.25, -0.2) is 13.2 Å². The molecule has 0 saturated heterocycles. The van der Waals surface area contributed by atoms with E-state index in [2.05, 4.69) is 0 Å². The summed E-state index contributed by atoms with van der Waals surface area (Å²) in [7, 11) is 0. The molecule has 0 fully saturated rings. The van der Waals surface area contributed by atoms with Crippen molar-refractivity contribution in [1.29, 1.82) is 0 Å². The third-order valence-electron chi connectivity index (χ3n) is 4.92. The molecule has 0 aliphatic heterocycles. The first-order valence-electron chi connectivity index (χ1n) is 8.69. The van der Waals surface area contributed by atoms with Crippen molar-refractivity contribution in [3.8, 4) is 22.3 Å². The molecule has 0 saturated carbocycles. The highest BCUT2D eigenvalue weighted by Gasteiger charge is 2.13. The summed E-state index contributed by atoms with van der Waals surface area (Å²) in [6.07, 6.45) is 0. The lowest BCUT2D eigenvalue weighted by atomic mass is 9.96. The van der Waals surface area contributed by atoms with E-state index in [0.29, 0.717) is 21.9 Å². The van der Waals surface area contributed by atoms with Crippen LogP contribution in [0.2, 0.25) is 0 Å². The standard InChI is InChI=1S/C24H17F3/c1-14-3-5-16(6-4-14)17-7-9-20(23(26)12-17)18-8-10-21-19(11-18)13-22(25)15(2)24(21)27/h3-13H,1-2H3. The maximum absolute atomic E-state index is 14.8. The third kappa shape index (κ3) is 3.10. The van der Waals surface area contributed by atoms with Crippen molar-refractivity contribution < 1.29 is 13.2 Å². The summed E-state index contributed by atoms with van der Waals surface area (Å²) in [5.41, 5.74) is 3.83. The van der Waals surface area contributed by atoms with Gasteiger partial charge < -0.3 is 0 Å². The smallest absolute Gasteiger partial charge is 0.136 e. The molecule has 0 N–H and O–H groups in total. The zero-order chi connectivity index (χ0) is 19.1. The van der Waals surface area contributed by atoms with Gasteiger partial charge in [-0.2, -0.15) is 0 Å². The molecule has 0 aliphatic carbocycles. The van der Waals surface area contributed by atoms with Crippen molar-refractivity contribution in [3.63, 3.8) is 0 Å². The van der Waals surface area contributed by atoms with E-state index in [1.54, 1.807) is 24.3 Å². The molecule has 0 aliphatic rings. The van der Waals surface area contributed by atoms with Crippen LogP contribution in [0.4, 0.5) is 13.2 Å². The van der Waals surface area contributed by atoms with Crippen LogP contribution in [-0.2, 0) is 0 Å². The molecular weight excluding hydrogens is 345 g/mol. The first kappa shape index (κ1) is 17.3. The largest absolute Gasteiger partial charge is 0.207 e. The van der Waals surface area contributed by atoms with Gasteiger partial charge in [0.15, 0.2) is 0 Å². The Morgan fingerprint density at radius 1 is 0.593 bits per heavy atom. The summed E-state index contributed by atoms with van der Waals surface area (Å²) in [6, 6.07) is 19.0. The number of aryl methyl sites for hydroxylation is 1. The summed E-state index contributed by atoms with van der Waals surface area (Å²) in [5.74, 6) is -1.56. The van der Waals surface area contributed by atoms with E-state index in [9.17, 15) is 13.2 Å². The summed E-state index contributed by atoms with van der Waals surface area (Å²) in [4.78, 5) is 0. The monoisotopic (exact) mass is 362 g/mol. The zero-order valence-corrected chi connectivity index (χ0v) is 15.0. The second-order valence-electron chi connectivity index (χ2n) is 6.79. The number of benzene rings is 4. The van der Waals surface area contributed by atoms with Crippen LogP contribution >= 0.6 is 0 Å². The molecule has 0 bridgehead atoms. The molecular formula is C24H17F3. The Balaban J connectivity index is 1.79. The first-order valence-corrected chi connectivity index (χ1v) is 8.69. The van der Waals surface area contributed by atoms with Crippen LogP contribution in [0.25, 0.3) is 33.0 Å². The van der Waals surface area contributed by atoms with Crippen molar-refractivity contribution in [2.75, 3.05) is 0 Å². The van der Waals surface area contributed by atoms with Crippen LogP contribution in [-0.4, -0.2) is 0 Å². The molecule has 0 radical (unpaired) electrons. The molecule has 4 rings (SSSR count). The van der Waals surface area contributed by atoms with E-state index in [1.807, 2.05) is 37.3 Å². The first-order chi connectivity index (χ1) is 12.9. The van der Waals surface area contributed by atoms with Gasteiger partial charge in [-0.05, 0) is 54.1 Å². The van der Waals surface area contributed by atoms with Crippen LogP contribution in [0.5, 0.6) is 0 Å². The molecule has 0 atom stereocenters. The number of fused-ring (bicyclic) bond motifs is 1. The van der Waals surface area contributed by atoms with Crippen LogP contribution in [0.3, 0.4) is 0 Å². The normalized spacial score (nSPS) is 11.1. The summed E-state index contributed by atoms with van der Waals surface area (Å²) in [5, 5.41) is 0.740. The molecule has 0 spiro atoms. The second kappa shape index (κ2) is 6.58. The molecule has 0 unspecified atom stereocenters. The van der Waals surface area contributed by atoms with Gasteiger partial charge in [0.2, 0.25) is 0 Å². The minimum atomic E-state index is -0.604. The van der Waals surface area contributed by atoms with Gasteiger partial charge in [0.25, 0.3) is 0 Å². The molecule has 4 aromatic carbocycles. The Morgan fingerprint density at radius 2 is 1.26 bits per heavy atom. The molecule has 4 aromatic rings. The molecule has 134 valence electrons. The highest BCUT2D eigenvalue weighted by atomic mass is 19.1. The van der Waals surface area contributed by atoms with Crippen molar-refractivity contribution >= 4 is 10.8 Å². The molecule has 3 heteroatoms. The van der Waals surface area contributed by atoms with Gasteiger partial charge >= 0.3 is 0 Å². The van der Waals surface area contributed by atoms with Gasteiger partial charge in [-0.15, -0.1) is 0 Å². The van der Waals surface area contributed by atoms with Crippen molar-refractivity contribution in [3.05, 3.63) is 95.3 Å². The minimum Gasteiger partial charge on any atom is -0.207 e. The zero-order valence-electron chi connectivity index (χ0n) is 15.0. The number of hydrogen-bond donors (Lipinski definition) is 0. The number of halogens is 3. The Bertz CT molecular complexity index is 1160. The Morgan fingerprint density at radius 3 is 1.96 bits per heavy atom. The van der Waals surface area contributed by atoms with E-state index in [-0.39, 0.29) is 11.4 Å². The van der Waals surface area contributed by atoms with Crippen LogP contribution in [0, 0.1) is 31.3 Å². The lowest BCUT2D eigenvalue weighted by molar-refractivity contribution is 0.577. The van der Waals surface area contributed by atoms with Crippen molar-refractivity contribution in [2.24, 2.45) is 0 Å². The highest BCUT2D eigenvalue weighted by molar-refractivity contribution is 5.89. The van der Waals surface area contributed by atoms with E-state index in [4.69, 9.17) is 0 Å². The lowest BCUT2D eigenvalue weighted by Crippen LogP contribution is -1.92. The fraction of sp³-hybridized carbons (Fsp3) is 0.0833. The number of rotatable bonds is 2. The maximum atomic E-state index is 14.8. The topological polar surface area (TPSA) is 0 Å².